The summed E-state index contributed by atoms with van der Waals surface area (Å²) in [7, 11) is 1.86. The highest BCUT2D eigenvalue weighted by atomic mass is 19.4. The molecule has 2 amide bonds. The van der Waals surface area contributed by atoms with Crippen LogP contribution in [0, 0.1) is 11.8 Å². The number of alkyl halides is 6. The molecule has 0 saturated heterocycles. The van der Waals surface area contributed by atoms with Gasteiger partial charge in [-0.1, -0.05) is 19.3 Å². The lowest BCUT2D eigenvalue weighted by molar-refractivity contribution is -0.143. The Morgan fingerprint density at radius 3 is 1.84 bits per heavy atom. The molecule has 2 N–H and O–H groups in total. The lowest BCUT2D eigenvalue weighted by atomic mass is 9.82. The van der Waals surface area contributed by atoms with Gasteiger partial charge in [-0.05, 0) is 75.1 Å². The molecule has 2 aliphatic carbocycles. The van der Waals surface area contributed by atoms with Gasteiger partial charge in [0.25, 0.3) is 5.91 Å². The smallest absolute Gasteiger partial charge is 0.352 e. The lowest BCUT2D eigenvalue weighted by Gasteiger charge is -2.32. The lowest BCUT2D eigenvalue weighted by Crippen LogP contribution is -2.43. The first-order valence-electron chi connectivity index (χ1n) is 12.9. The maximum absolute atomic E-state index is 13.0. The molecule has 0 unspecified atom stereocenters. The molecular formula is C26H35F6N3O2. The molecule has 37 heavy (non-hydrogen) atoms. The Bertz CT molecular complexity index is 888. The van der Waals surface area contributed by atoms with Gasteiger partial charge in [0.2, 0.25) is 5.91 Å². The number of rotatable bonds is 8. The first-order valence-corrected chi connectivity index (χ1v) is 12.9. The molecule has 0 bridgehead atoms. The van der Waals surface area contributed by atoms with Crippen LogP contribution >= 0.6 is 0 Å². The quantitative estimate of drug-likeness (QED) is 0.424. The van der Waals surface area contributed by atoms with Crippen molar-refractivity contribution in [1.29, 1.82) is 0 Å². The molecule has 2 aliphatic rings. The number of likely N-dealkylation sites (N-methyl/N-ethyl adjacent to an activating group) is 1. The number of nitrogens with one attached hydrogen (secondary N) is 2. The van der Waals surface area contributed by atoms with Crippen molar-refractivity contribution in [2.75, 3.05) is 26.7 Å². The molecular weight excluding hydrogens is 500 g/mol. The second kappa shape index (κ2) is 12.5. The Morgan fingerprint density at radius 1 is 0.811 bits per heavy atom. The van der Waals surface area contributed by atoms with E-state index in [2.05, 4.69) is 10.6 Å². The van der Waals surface area contributed by atoms with Crippen LogP contribution in [0.5, 0.6) is 0 Å². The molecule has 0 radical (unpaired) electrons. The number of carbonyl (C=O) groups is 2. The molecule has 1 aromatic rings. The van der Waals surface area contributed by atoms with Crippen LogP contribution in [-0.2, 0) is 17.1 Å². The van der Waals surface area contributed by atoms with E-state index in [4.69, 9.17) is 0 Å². The van der Waals surface area contributed by atoms with Crippen LogP contribution in [0.15, 0.2) is 18.2 Å². The molecule has 0 heterocycles. The predicted molar refractivity (Wildman–Crippen MR) is 127 cm³/mol. The summed E-state index contributed by atoms with van der Waals surface area (Å²) in [4.78, 5) is 26.7. The zero-order valence-corrected chi connectivity index (χ0v) is 21.0. The zero-order valence-electron chi connectivity index (χ0n) is 21.0. The average molecular weight is 536 g/mol. The van der Waals surface area contributed by atoms with E-state index in [-0.39, 0.29) is 24.4 Å². The largest absolute Gasteiger partial charge is 0.416 e. The van der Waals surface area contributed by atoms with Crippen LogP contribution in [0.25, 0.3) is 0 Å². The van der Waals surface area contributed by atoms with Crippen molar-refractivity contribution in [3.05, 3.63) is 34.9 Å². The maximum Gasteiger partial charge on any atom is 0.416 e. The van der Waals surface area contributed by atoms with Gasteiger partial charge >= 0.3 is 12.4 Å². The van der Waals surface area contributed by atoms with E-state index >= 15 is 0 Å². The third kappa shape index (κ3) is 8.61. The Balaban J connectivity index is 1.41. The van der Waals surface area contributed by atoms with Gasteiger partial charge in [0, 0.05) is 25.2 Å². The topological polar surface area (TPSA) is 61.4 Å². The SMILES string of the molecule is CN(C(=O)CNCC1CCC(CNC(=O)c2cc(C(F)(F)F)cc(C(F)(F)F)c2)CC1)C1CCCCC1. The van der Waals surface area contributed by atoms with Gasteiger partial charge in [-0.2, -0.15) is 26.3 Å². The molecule has 208 valence electrons. The van der Waals surface area contributed by atoms with Crippen LogP contribution in [0.2, 0.25) is 0 Å². The first-order chi connectivity index (χ1) is 17.3. The third-order valence-corrected chi connectivity index (χ3v) is 7.59. The van der Waals surface area contributed by atoms with Crippen LogP contribution < -0.4 is 10.6 Å². The van der Waals surface area contributed by atoms with Gasteiger partial charge in [-0.15, -0.1) is 0 Å². The Hall–Kier alpha value is -2.30. The zero-order chi connectivity index (χ0) is 27.2. The summed E-state index contributed by atoms with van der Waals surface area (Å²) < 4.78 is 78.3. The van der Waals surface area contributed by atoms with Crippen LogP contribution in [0.4, 0.5) is 26.3 Å². The summed E-state index contributed by atoms with van der Waals surface area (Å²) in [6, 6.07) is 1.22. The number of hydrogen-bond donors (Lipinski definition) is 2. The van der Waals surface area contributed by atoms with Crippen molar-refractivity contribution in [2.45, 2.75) is 76.2 Å². The fourth-order valence-corrected chi connectivity index (χ4v) is 5.24. The van der Waals surface area contributed by atoms with Crippen LogP contribution in [0.3, 0.4) is 0 Å². The number of nitrogens with zero attached hydrogens (tertiary/aromatic N) is 1. The summed E-state index contributed by atoms with van der Waals surface area (Å²) in [6.07, 6.45) is -1.06. The molecule has 2 saturated carbocycles. The molecule has 5 nitrogen and oxygen atoms in total. The van der Waals surface area contributed by atoms with Crippen LogP contribution in [0.1, 0.15) is 79.3 Å². The number of amides is 2. The van der Waals surface area contributed by atoms with Crippen molar-refractivity contribution in [3.8, 4) is 0 Å². The standard InChI is InChI=1S/C26H35F6N3O2/c1-35(22-5-3-2-4-6-22)23(36)16-33-14-17-7-9-18(10-8-17)15-34-24(37)19-11-20(25(27,28)29)13-21(12-19)26(30,31)32/h11-13,17-18,22,33H,2-10,14-16H2,1H3,(H,34,37). The molecule has 0 spiro atoms. The van der Waals surface area contributed by atoms with Crippen molar-refractivity contribution >= 4 is 11.8 Å². The Labute approximate surface area is 213 Å². The van der Waals surface area contributed by atoms with Gasteiger partial charge in [-0.3, -0.25) is 9.59 Å². The monoisotopic (exact) mass is 535 g/mol. The number of halogens is 6. The fourth-order valence-electron chi connectivity index (χ4n) is 5.24. The van der Waals surface area contributed by atoms with E-state index in [0.717, 1.165) is 51.4 Å². The first kappa shape index (κ1) is 29.3. The highest BCUT2D eigenvalue weighted by molar-refractivity contribution is 5.94. The summed E-state index contributed by atoms with van der Waals surface area (Å²) in [6.45, 7) is 1.18. The van der Waals surface area contributed by atoms with Gasteiger partial charge in [0.1, 0.15) is 0 Å². The highest BCUT2D eigenvalue weighted by Gasteiger charge is 2.37. The maximum atomic E-state index is 13.0. The second-order valence-electron chi connectivity index (χ2n) is 10.3. The molecule has 0 aromatic heterocycles. The van der Waals surface area contributed by atoms with Gasteiger partial charge < -0.3 is 15.5 Å². The van der Waals surface area contributed by atoms with E-state index in [1.54, 1.807) is 0 Å². The third-order valence-electron chi connectivity index (χ3n) is 7.59. The van der Waals surface area contributed by atoms with Crippen molar-refractivity contribution in [3.63, 3.8) is 0 Å². The molecule has 1 aromatic carbocycles. The average Bonchev–Trinajstić information content (AvgIpc) is 2.86. The minimum atomic E-state index is -5.00. The Kier molecular flexibility index (Phi) is 9.88. The summed E-state index contributed by atoms with van der Waals surface area (Å²) in [5.74, 6) is -0.405. The van der Waals surface area contributed by atoms with Crippen molar-refractivity contribution in [2.24, 2.45) is 11.8 Å². The summed E-state index contributed by atoms with van der Waals surface area (Å²) in [5.41, 5.74) is -3.68. The molecule has 11 heteroatoms. The Morgan fingerprint density at radius 2 is 1.32 bits per heavy atom. The number of carbonyl (C=O) groups excluding carboxylic acids is 2. The number of hydrogen-bond acceptors (Lipinski definition) is 3. The van der Waals surface area contributed by atoms with E-state index in [0.29, 0.717) is 37.2 Å². The molecule has 2 fully saturated rings. The van der Waals surface area contributed by atoms with E-state index in [1.807, 2.05) is 11.9 Å². The molecule has 0 aliphatic heterocycles. The predicted octanol–water partition coefficient (Wildman–Crippen LogP) is 5.64. The van der Waals surface area contributed by atoms with Gasteiger partial charge in [0.15, 0.2) is 0 Å². The van der Waals surface area contributed by atoms with Crippen molar-refractivity contribution < 1.29 is 35.9 Å². The minimum Gasteiger partial charge on any atom is -0.352 e. The second-order valence-corrected chi connectivity index (χ2v) is 10.3. The van der Waals surface area contributed by atoms with E-state index in [1.165, 1.54) is 6.42 Å². The van der Waals surface area contributed by atoms with Gasteiger partial charge in [0.05, 0.1) is 17.7 Å². The van der Waals surface area contributed by atoms with E-state index < -0.39 is 35.0 Å². The fraction of sp³-hybridized carbons (Fsp3) is 0.692. The van der Waals surface area contributed by atoms with Crippen LogP contribution in [-0.4, -0.2) is 49.4 Å². The molecule has 3 rings (SSSR count). The van der Waals surface area contributed by atoms with Crippen molar-refractivity contribution in [1.82, 2.24) is 15.5 Å². The highest BCUT2D eigenvalue weighted by Crippen LogP contribution is 2.36. The summed E-state index contributed by atoms with van der Waals surface area (Å²) in [5, 5.41) is 5.75. The van der Waals surface area contributed by atoms with E-state index in [9.17, 15) is 35.9 Å². The summed E-state index contributed by atoms with van der Waals surface area (Å²) >= 11 is 0. The minimum absolute atomic E-state index is 0.00763. The molecule has 0 atom stereocenters. The number of benzene rings is 1. The van der Waals surface area contributed by atoms with Gasteiger partial charge in [-0.25, -0.2) is 0 Å². The normalized spacial score (nSPS) is 21.5.